The molecule has 2 aliphatic rings. The highest BCUT2D eigenvalue weighted by molar-refractivity contribution is 5.76. The third-order valence-corrected chi connectivity index (χ3v) is 8.88. The first-order valence-corrected chi connectivity index (χ1v) is 14.2. The lowest BCUT2D eigenvalue weighted by atomic mass is 9.76. The van der Waals surface area contributed by atoms with Gasteiger partial charge in [0.2, 0.25) is 0 Å². The molecule has 2 aromatic rings. The summed E-state index contributed by atoms with van der Waals surface area (Å²) in [5.74, 6) is 3.47. The van der Waals surface area contributed by atoms with Crippen molar-refractivity contribution >= 4 is 0 Å². The van der Waals surface area contributed by atoms with E-state index in [1.54, 1.807) is 0 Å². The molecule has 34 heavy (non-hydrogen) atoms. The monoisotopic (exact) mass is 462 g/mol. The van der Waals surface area contributed by atoms with Gasteiger partial charge in [0.05, 0.1) is 0 Å². The minimum absolute atomic E-state index is 0.274. The number of hydrogen-bond donors (Lipinski definition) is 2. The molecule has 186 valence electrons. The van der Waals surface area contributed by atoms with Crippen molar-refractivity contribution in [1.82, 2.24) is 0 Å². The molecule has 0 radical (unpaired) electrons. The van der Waals surface area contributed by atoms with Gasteiger partial charge in [-0.2, -0.15) is 0 Å². The van der Waals surface area contributed by atoms with E-state index in [-0.39, 0.29) is 11.5 Å². The van der Waals surface area contributed by atoms with Crippen LogP contribution in [0.25, 0.3) is 11.1 Å². The Labute approximate surface area is 207 Å². The Morgan fingerprint density at radius 2 is 1.06 bits per heavy atom. The van der Waals surface area contributed by atoms with Crippen LogP contribution in [0.5, 0.6) is 11.5 Å². The Balaban J connectivity index is 1.47. The van der Waals surface area contributed by atoms with Crippen LogP contribution in [-0.4, -0.2) is 10.2 Å². The summed E-state index contributed by atoms with van der Waals surface area (Å²) >= 11 is 0. The Kier molecular flexibility index (Phi) is 8.98. The third-order valence-electron chi connectivity index (χ3n) is 8.88. The molecule has 2 aromatic carbocycles. The first-order valence-electron chi connectivity index (χ1n) is 14.2. The van der Waals surface area contributed by atoms with Crippen molar-refractivity contribution in [2.45, 2.75) is 116 Å². The molecule has 0 unspecified atom stereocenters. The molecule has 0 heterocycles. The summed E-state index contributed by atoms with van der Waals surface area (Å²) < 4.78 is 0. The molecule has 0 aliphatic heterocycles. The van der Waals surface area contributed by atoms with E-state index in [4.69, 9.17) is 0 Å². The third kappa shape index (κ3) is 6.18. The van der Waals surface area contributed by atoms with Gasteiger partial charge >= 0.3 is 0 Å². The second-order valence-corrected chi connectivity index (χ2v) is 11.3. The van der Waals surface area contributed by atoms with E-state index in [1.807, 2.05) is 12.1 Å². The number of hydrogen-bond acceptors (Lipinski definition) is 2. The van der Waals surface area contributed by atoms with Crippen LogP contribution in [0.1, 0.15) is 127 Å². The van der Waals surface area contributed by atoms with E-state index >= 15 is 0 Å². The molecule has 0 atom stereocenters. The number of benzene rings is 2. The van der Waals surface area contributed by atoms with Crippen molar-refractivity contribution in [3.63, 3.8) is 0 Å². The van der Waals surface area contributed by atoms with Gasteiger partial charge in [0, 0.05) is 11.1 Å². The molecule has 0 aromatic heterocycles. The first kappa shape index (κ1) is 25.1. The molecule has 0 amide bonds. The summed E-state index contributed by atoms with van der Waals surface area (Å²) in [6, 6.07) is 12.2. The molecule has 2 heteroatoms. The molecule has 2 fully saturated rings. The van der Waals surface area contributed by atoms with Crippen molar-refractivity contribution in [1.29, 1.82) is 0 Å². The number of unbranched alkanes of at least 4 members (excludes halogenated alkanes) is 2. The molecule has 2 aliphatic carbocycles. The van der Waals surface area contributed by atoms with Crippen LogP contribution in [-0.2, 0) is 0 Å². The molecular formula is C32H46O2. The Bertz CT molecular complexity index is 901. The van der Waals surface area contributed by atoms with E-state index in [1.165, 1.54) is 101 Å². The van der Waals surface area contributed by atoms with E-state index < -0.39 is 0 Å². The molecule has 0 spiro atoms. The fourth-order valence-electron chi connectivity index (χ4n) is 6.71. The standard InChI is InChI=1S/C32H46O2/c1-3-5-6-8-24-11-15-26(16-12-24)28-18-20-32(34)30(22-28)29-21-27(17-19-31(29)33)25-13-9-23(7-4-2)10-14-25/h17-26,33-34H,3-16H2,1-2H3/t23-,24-,25-,26-. The predicted octanol–water partition coefficient (Wildman–Crippen LogP) is 9.69. The van der Waals surface area contributed by atoms with Crippen molar-refractivity contribution in [2.75, 3.05) is 0 Å². The second kappa shape index (κ2) is 12.1. The lowest BCUT2D eigenvalue weighted by Crippen LogP contribution is -2.13. The summed E-state index contributed by atoms with van der Waals surface area (Å²) in [4.78, 5) is 0. The molecule has 4 rings (SSSR count). The van der Waals surface area contributed by atoms with E-state index in [0.29, 0.717) is 11.8 Å². The van der Waals surface area contributed by atoms with E-state index in [9.17, 15) is 10.2 Å². The summed E-state index contributed by atoms with van der Waals surface area (Å²) in [5.41, 5.74) is 4.23. The van der Waals surface area contributed by atoms with Gasteiger partial charge in [-0.05, 0) is 110 Å². The highest BCUT2D eigenvalue weighted by Gasteiger charge is 2.25. The normalized spacial score (nSPS) is 25.4. The molecule has 2 saturated carbocycles. The largest absolute Gasteiger partial charge is 0.507 e. The Morgan fingerprint density at radius 1 is 0.588 bits per heavy atom. The van der Waals surface area contributed by atoms with Crippen molar-refractivity contribution in [3.8, 4) is 22.6 Å². The Morgan fingerprint density at radius 3 is 1.50 bits per heavy atom. The maximum atomic E-state index is 10.8. The van der Waals surface area contributed by atoms with Gasteiger partial charge in [0.1, 0.15) is 11.5 Å². The van der Waals surface area contributed by atoms with E-state index in [0.717, 1.165) is 23.0 Å². The Hall–Kier alpha value is -1.96. The quantitative estimate of drug-likeness (QED) is 0.364. The summed E-state index contributed by atoms with van der Waals surface area (Å²) in [7, 11) is 0. The van der Waals surface area contributed by atoms with Gasteiger partial charge in [-0.25, -0.2) is 0 Å². The minimum Gasteiger partial charge on any atom is -0.507 e. The average Bonchev–Trinajstić information content (AvgIpc) is 2.86. The molecule has 0 saturated heterocycles. The molecule has 2 nitrogen and oxygen atoms in total. The van der Waals surface area contributed by atoms with Crippen molar-refractivity contribution < 1.29 is 10.2 Å². The van der Waals surface area contributed by atoms with Crippen LogP contribution in [0.2, 0.25) is 0 Å². The van der Waals surface area contributed by atoms with Gasteiger partial charge in [-0.3, -0.25) is 0 Å². The minimum atomic E-state index is 0.274. The van der Waals surface area contributed by atoms with Gasteiger partial charge < -0.3 is 10.2 Å². The van der Waals surface area contributed by atoms with Gasteiger partial charge in [-0.15, -0.1) is 0 Å². The lowest BCUT2D eigenvalue weighted by molar-refractivity contribution is 0.302. The van der Waals surface area contributed by atoms with Gasteiger partial charge in [0.25, 0.3) is 0 Å². The van der Waals surface area contributed by atoms with Crippen molar-refractivity contribution in [3.05, 3.63) is 47.5 Å². The van der Waals surface area contributed by atoms with Crippen LogP contribution in [0.15, 0.2) is 36.4 Å². The maximum absolute atomic E-state index is 10.8. The lowest BCUT2D eigenvalue weighted by Gasteiger charge is -2.29. The number of phenols is 2. The van der Waals surface area contributed by atoms with Crippen LogP contribution < -0.4 is 0 Å². The zero-order valence-corrected chi connectivity index (χ0v) is 21.6. The number of rotatable bonds is 9. The summed E-state index contributed by atoms with van der Waals surface area (Å²) in [6.45, 7) is 4.57. The predicted molar refractivity (Wildman–Crippen MR) is 144 cm³/mol. The summed E-state index contributed by atoms with van der Waals surface area (Å²) in [5, 5.41) is 21.5. The molecule has 0 bridgehead atoms. The topological polar surface area (TPSA) is 40.5 Å². The van der Waals surface area contributed by atoms with Crippen LogP contribution in [0.4, 0.5) is 0 Å². The smallest absolute Gasteiger partial charge is 0.123 e. The zero-order valence-electron chi connectivity index (χ0n) is 21.6. The average molecular weight is 463 g/mol. The number of aromatic hydroxyl groups is 2. The number of phenolic OH excluding ortho intramolecular Hbond substituents is 2. The van der Waals surface area contributed by atoms with Crippen LogP contribution in [0.3, 0.4) is 0 Å². The van der Waals surface area contributed by atoms with Gasteiger partial charge in [0.15, 0.2) is 0 Å². The molecule has 2 N–H and O–H groups in total. The van der Waals surface area contributed by atoms with Crippen LogP contribution in [0, 0.1) is 11.8 Å². The highest BCUT2D eigenvalue weighted by atomic mass is 16.3. The SMILES string of the molecule is CCCCC[C@H]1CC[C@H](c2ccc(O)c(-c3cc([C@H]4CC[C@H](CCC)CC4)ccc3O)c2)CC1. The van der Waals surface area contributed by atoms with Crippen LogP contribution >= 0.6 is 0 Å². The van der Waals surface area contributed by atoms with Gasteiger partial charge in [-0.1, -0.05) is 64.5 Å². The maximum Gasteiger partial charge on any atom is 0.123 e. The summed E-state index contributed by atoms with van der Waals surface area (Å²) in [6.07, 6.45) is 18.3. The fourth-order valence-corrected chi connectivity index (χ4v) is 6.71. The molecular weight excluding hydrogens is 416 g/mol. The highest BCUT2D eigenvalue weighted by Crippen LogP contribution is 2.44. The zero-order chi connectivity index (χ0) is 23.9. The first-order chi connectivity index (χ1) is 16.6. The van der Waals surface area contributed by atoms with E-state index in [2.05, 4.69) is 38.1 Å². The second-order valence-electron chi connectivity index (χ2n) is 11.3. The van der Waals surface area contributed by atoms with Crippen molar-refractivity contribution in [2.24, 2.45) is 11.8 Å². The fraction of sp³-hybridized carbons (Fsp3) is 0.625.